The Morgan fingerprint density at radius 1 is 1.29 bits per heavy atom. The number of rotatable bonds is 3. The minimum absolute atomic E-state index is 0.0350. The molecule has 0 radical (unpaired) electrons. The van der Waals surface area contributed by atoms with Gasteiger partial charge in [0.2, 0.25) is 0 Å². The summed E-state index contributed by atoms with van der Waals surface area (Å²) < 4.78 is 5.34. The first-order valence-corrected chi connectivity index (χ1v) is 8.13. The monoisotopic (exact) mass is 326 g/mol. The molecule has 4 rings (SSSR count). The second-order valence-electron chi connectivity index (χ2n) is 6.50. The van der Waals surface area contributed by atoms with Crippen LogP contribution in [-0.2, 0) is 4.79 Å². The van der Waals surface area contributed by atoms with Crippen molar-refractivity contribution in [3.63, 3.8) is 0 Å². The summed E-state index contributed by atoms with van der Waals surface area (Å²) in [7, 11) is 0. The van der Waals surface area contributed by atoms with Gasteiger partial charge in [0.15, 0.2) is 5.76 Å². The maximum absolute atomic E-state index is 13.0. The van der Waals surface area contributed by atoms with Crippen LogP contribution < -0.4 is 0 Å². The lowest BCUT2D eigenvalue weighted by atomic mass is 9.89. The summed E-state index contributed by atoms with van der Waals surface area (Å²) in [6, 6.07) is 6.99. The Morgan fingerprint density at radius 2 is 2.12 bits per heavy atom. The van der Waals surface area contributed by atoms with Crippen molar-refractivity contribution >= 4 is 11.9 Å². The zero-order chi connectivity index (χ0) is 16.8. The summed E-state index contributed by atoms with van der Waals surface area (Å²) in [5.41, 5.74) is 1.85. The molecule has 0 aromatic carbocycles. The van der Waals surface area contributed by atoms with E-state index in [9.17, 15) is 14.7 Å². The number of aryl methyl sites for hydroxylation is 1. The molecule has 124 valence electrons. The minimum Gasteiger partial charge on any atom is -0.481 e. The van der Waals surface area contributed by atoms with Gasteiger partial charge in [0.25, 0.3) is 5.91 Å². The average molecular weight is 326 g/mol. The Balaban J connectivity index is 1.63. The quantitative estimate of drug-likeness (QED) is 0.937. The molecule has 2 bridgehead atoms. The summed E-state index contributed by atoms with van der Waals surface area (Å²) >= 11 is 0. The normalized spacial score (nSPS) is 25.2. The average Bonchev–Trinajstić information content (AvgIpc) is 3.29. The van der Waals surface area contributed by atoms with Crippen LogP contribution >= 0.6 is 0 Å². The molecular weight excluding hydrogens is 308 g/mol. The standard InChI is InChI=1S/C18H18N2O4/c1-10-12(5-6-14(19-10)16-3-2-8-24-16)17(21)20-11-4-7-15(20)13(9-11)18(22)23/h2-3,5-6,8,11,13,15H,4,7,9H2,1H3,(H,22,23)/t11-,13-,15+/m1/s1. The van der Waals surface area contributed by atoms with E-state index in [2.05, 4.69) is 4.98 Å². The second kappa shape index (κ2) is 5.47. The number of carboxylic acid groups (broad SMARTS) is 1. The Bertz CT molecular complexity index is 799. The maximum Gasteiger partial charge on any atom is 0.308 e. The molecule has 2 aliphatic heterocycles. The number of fused-ring (bicyclic) bond motifs is 2. The molecule has 0 saturated carbocycles. The Labute approximate surface area is 139 Å². The van der Waals surface area contributed by atoms with E-state index >= 15 is 0 Å². The predicted octanol–water partition coefficient (Wildman–Crippen LogP) is 2.73. The van der Waals surface area contributed by atoms with E-state index in [1.807, 2.05) is 6.07 Å². The first-order valence-electron chi connectivity index (χ1n) is 8.13. The van der Waals surface area contributed by atoms with Gasteiger partial charge in [-0.15, -0.1) is 0 Å². The van der Waals surface area contributed by atoms with Crippen molar-refractivity contribution in [1.29, 1.82) is 0 Å². The maximum atomic E-state index is 13.0. The molecule has 2 fully saturated rings. The predicted molar refractivity (Wildman–Crippen MR) is 85.4 cm³/mol. The number of furan rings is 1. The number of carbonyl (C=O) groups is 2. The fraction of sp³-hybridized carbons (Fsp3) is 0.389. The molecule has 4 heterocycles. The lowest BCUT2D eigenvalue weighted by Gasteiger charge is -2.23. The van der Waals surface area contributed by atoms with Gasteiger partial charge in [-0.25, -0.2) is 4.98 Å². The van der Waals surface area contributed by atoms with E-state index in [-0.39, 0.29) is 18.0 Å². The van der Waals surface area contributed by atoms with Gasteiger partial charge in [-0.05, 0) is 50.5 Å². The highest BCUT2D eigenvalue weighted by molar-refractivity contribution is 5.97. The van der Waals surface area contributed by atoms with Crippen LogP contribution in [-0.4, -0.2) is 39.0 Å². The van der Waals surface area contributed by atoms with Crippen LogP contribution in [0.2, 0.25) is 0 Å². The van der Waals surface area contributed by atoms with Crippen LogP contribution in [0.1, 0.15) is 35.3 Å². The summed E-state index contributed by atoms with van der Waals surface area (Å²) in [6.45, 7) is 1.80. The Hall–Kier alpha value is -2.63. The summed E-state index contributed by atoms with van der Waals surface area (Å²) in [5, 5.41) is 9.34. The molecular formula is C18H18N2O4. The highest BCUT2D eigenvalue weighted by Gasteiger charge is 2.51. The van der Waals surface area contributed by atoms with Crippen molar-refractivity contribution in [3.05, 3.63) is 41.8 Å². The van der Waals surface area contributed by atoms with Crippen molar-refractivity contribution < 1.29 is 19.1 Å². The second-order valence-corrected chi connectivity index (χ2v) is 6.50. The molecule has 6 nitrogen and oxygen atoms in total. The largest absolute Gasteiger partial charge is 0.481 e. The molecule has 2 saturated heterocycles. The highest BCUT2D eigenvalue weighted by Crippen LogP contribution is 2.42. The fourth-order valence-corrected chi connectivity index (χ4v) is 4.06. The molecule has 6 heteroatoms. The van der Waals surface area contributed by atoms with E-state index in [4.69, 9.17) is 4.42 Å². The molecule has 0 unspecified atom stereocenters. The molecule has 1 N–H and O–H groups in total. The number of nitrogens with zero attached hydrogens (tertiary/aromatic N) is 2. The van der Waals surface area contributed by atoms with Gasteiger partial charge in [0.05, 0.1) is 23.4 Å². The number of amides is 1. The zero-order valence-corrected chi connectivity index (χ0v) is 13.3. The minimum atomic E-state index is -0.803. The first-order chi connectivity index (χ1) is 11.6. The third-order valence-electron chi connectivity index (χ3n) is 5.18. The smallest absolute Gasteiger partial charge is 0.308 e. The van der Waals surface area contributed by atoms with Crippen molar-refractivity contribution in [2.75, 3.05) is 0 Å². The lowest BCUT2D eigenvalue weighted by Crippen LogP contribution is -2.38. The van der Waals surface area contributed by atoms with Gasteiger partial charge in [-0.1, -0.05) is 0 Å². The van der Waals surface area contributed by atoms with Crippen LogP contribution in [0.25, 0.3) is 11.5 Å². The van der Waals surface area contributed by atoms with E-state index in [1.165, 1.54) is 0 Å². The molecule has 2 aromatic rings. The topological polar surface area (TPSA) is 83.6 Å². The van der Waals surface area contributed by atoms with E-state index < -0.39 is 11.9 Å². The SMILES string of the molecule is Cc1nc(-c2ccco2)ccc1C(=O)N1[C@@H]2CC[C@H]1[C@H](C(=O)O)C2. The van der Waals surface area contributed by atoms with Crippen molar-refractivity contribution in [2.24, 2.45) is 5.92 Å². The highest BCUT2D eigenvalue weighted by atomic mass is 16.4. The summed E-state index contributed by atoms with van der Waals surface area (Å²) in [5.74, 6) is -0.696. The van der Waals surface area contributed by atoms with Crippen LogP contribution in [0.15, 0.2) is 34.9 Å². The number of hydrogen-bond acceptors (Lipinski definition) is 4. The molecule has 3 atom stereocenters. The van der Waals surface area contributed by atoms with Crippen LogP contribution in [0.3, 0.4) is 0 Å². The van der Waals surface area contributed by atoms with E-state index in [0.29, 0.717) is 29.1 Å². The molecule has 1 amide bonds. The molecule has 2 aromatic heterocycles. The van der Waals surface area contributed by atoms with Gasteiger partial charge in [0, 0.05) is 12.1 Å². The summed E-state index contributed by atoms with van der Waals surface area (Å²) in [4.78, 5) is 30.6. The van der Waals surface area contributed by atoms with Crippen LogP contribution in [0, 0.1) is 12.8 Å². The fourth-order valence-electron chi connectivity index (χ4n) is 4.06. The number of pyridine rings is 1. The number of hydrogen-bond donors (Lipinski definition) is 1. The molecule has 0 spiro atoms. The Morgan fingerprint density at radius 3 is 2.75 bits per heavy atom. The molecule has 24 heavy (non-hydrogen) atoms. The van der Waals surface area contributed by atoms with Gasteiger partial charge in [-0.2, -0.15) is 0 Å². The lowest BCUT2D eigenvalue weighted by molar-refractivity contribution is -0.142. The summed E-state index contributed by atoms with van der Waals surface area (Å²) in [6.07, 6.45) is 3.80. The van der Waals surface area contributed by atoms with Crippen molar-refractivity contribution in [1.82, 2.24) is 9.88 Å². The zero-order valence-electron chi connectivity index (χ0n) is 13.3. The number of carboxylic acids is 1. The number of carbonyl (C=O) groups excluding carboxylic acids is 1. The van der Waals surface area contributed by atoms with Gasteiger partial charge < -0.3 is 14.4 Å². The van der Waals surface area contributed by atoms with Gasteiger partial charge in [-0.3, -0.25) is 9.59 Å². The van der Waals surface area contributed by atoms with Crippen LogP contribution in [0.4, 0.5) is 0 Å². The van der Waals surface area contributed by atoms with Gasteiger partial charge >= 0.3 is 5.97 Å². The molecule has 0 aliphatic carbocycles. The van der Waals surface area contributed by atoms with Gasteiger partial charge in [0.1, 0.15) is 5.69 Å². The van der Waals surface area contributed by atoms with Crippen LogP contribution in [0.5, 0.6) is 0 Å². The number of aromatic nitrogens is 1. The Kier molecular flexibility index (Phi) is 3.40. The molecule has 2 aliphatic rings. The van der Waals surface area contributed by atoms with E-state index in [0.717, 1.165) is 12.8 Å². The van der Waals surface area contributed by atoms with E-state index in [1.54, 1.807) is 36.3 Å². The third kappa shape index (κ3) is 2.21. The van der Waals surface area contributed by atoms with Crippen molar-refractivity contribution in [2.45, 2.75) is 38.3 Å². The third-order valence-corrected chi connectivity index (χ3v) is 5.18. The number of aliphatic carboxylic acids is 1. The first kappa shape index (κ1) is 14.9. The van der Waals surface area contributed by atoms with Crippen molar-refractivity contribution in [3.8, 4) is 11.5 Å².